The summed E-state index contributed by atoms with van der Waals surface area (Å²) in [6, 6.07) is 11.4. The lowest BCUT2D eigenvalue weighted by atomic mass is 10.1. The van der Waals surface area contributed by atoms with E-state index in [-0.39, 0.29) is 5.78 Å². The normalized spacial score (nSPS) is 10.7. The summed E-state index contributed by atoms with van der Waals surface area (Å²) in [6.45, 7) is 1.47. The Morgan fingerprint density at radius 1 is 1.00 bits per heavy atom. The number of benzene rings is 2. The smallest absolute Gasteiger partial charge is 0.336 e. The van der Waals surface area contributed by atoms with Gasteiger partial charge in [-0.05, 0) is 55.0 Å². The van der Waals surface area contributed by atoms with E-state index in [9.17, 15) is 9.59 Å². The van der Waals surface area contributed by atoms with Crippen molar-refractivity contribution in [1.82, 2.24) is 0 Å². The number of rotatable bonds is 4. The van der Waals surface area contributed by atoms with E-state index in [1.807, 2.05) is 0 Å². The van der Waals surface area contributed by atoms with Crippen LogP contribution in [0.4, 0.5) is 0 Å². The van der Waals surface area contributed by atoms with Gasteiger partial charge in [0.15, 0.2) is 5.78 Å². The number of ketones is 1. The second kappa shape index (κ2) is 7.25. The fourth-order valence-electron chi connectivity index (χ4n) is 1.69. The highest BCUT2D eigenvalue weighted by molar-refractivity contribution is 6.42. The molecule has 0 unspecified atom stereocenters. The fourth-order valence-corrected chi connectivity index (χ4v) is 1.99. The summed E-state index contributed by atoms with van der Waals surface area (Å²) in [5, 5.41) is 0.865. The first-order valence-corrected chi connectivity index (χ1v) is 7.17. The van der Waals surface area contributed by atoms with Crippen LogP contribution < -0.4 is 4.74 Å². The molecule has 0 aliphatic rings. The molecular formula is C17H12Cl2O3. The molecule has 112 valence electrons. The monoisotopic (exact) mass is 334 g/mol. The Morgan fingerprint density at radius 3 is 2.27 bits per heavy atom. The van der Waals surface area contributed by atoms with Crippen LogP contribution in [0.25, 0.3) is 6.08 Å². The van der Waals surface area contributed by atoms with Gasteiger partial charge in [0.05, 0.1) is 10.0 Å². The molecule has 0 N–H and O–H groups in total. The summed E-state index contributed by atoms with van der Waals surface area (Å²) in [6.07, 6.45) is 2.87. The van der Waals surface area contributed by atoms with E-state index in [0.717, 1.165) is 5.56 Å². The van der Waals surface area contributed by atoms with Crippen LogP contribution in [0, 0.1) is 0 Å². The molecular weight excluding hydrogens is 323 g/mol. The zero-order chi connectivity index (χ0) is 16.1. The van der Waals surface area contributed by atoms with Crippen LogP contribution in [0.1, 0.15) is 22.8 Å². The van der Waals surface area contributed by atoms with Gasteiger partial charge >= 0.3 is 5.97 Å². The molecule has 0 fully saturated rings. The number of halogens is 2. The molecule has 2 rings (SSSR count). The van der Waals surface area contributed by atoms with E-state index in [2.05, 4.69) is 0 Å². The zero-order valence-electron chi connectivity index (χ0n) is 11.7. The number of esters is 1. The van der Waals surface area contributed by atoms with Gasteiger partial charge in [-0.15, -0.1) is 0 Å². The highest BCUT2D eigenvalue weighted by Crippen LogP contribution is 2.23. The van der Waals surface area contributed by atoms with E-state index in [0.29, 0.717) is 21.4 Å². The van der Waals surface area contributed by atoms with Crippen molar-refractivity contribution in [2.24, 2.45) is 0 Å². The molecule has 0 radical (unpaired) electrons. The van der Waals surface area contributed by atoms with Gasteiger partial charge in [-0.1, -0.05) is 29.3 Å². The molecule has 0 amide bonds. The predicted molar refractivity (Wildman–Crippen MR) is 87.6 cm³/mol. The molecule has 0 aliphatic carbocycles. The lowest BCUT2D eigenvalue weighted by molar-refractivity contribution is -0.128. The number of Topliss-reactive ketones (excluding diaryl/α,β-unsaturated/α-hetero) is 1. The Labute approximate surface area is 138 Å². The molecule has 0 heterocycles. The Kier molecular flexibility index (Phi) is 5.36. The van der Waals surface area contributed by atoms with Crippen molar-refractivity contribution in [3.05, 3.63) is 69.7 Å². The summed E-state index contributed by atoms with van der Waals surface area (Å²) >= 11 is 11.7. The third-order valence-corrected chi connectivity index (χ3v) is 3.57. The molecule has 0 atom stereocenters. The van der Waals surface area contributed by atoms with Crippen LogP contribution in [-0.4, -0.2) is 11.8 Å². The van der Waals surface area contributed by atoms with Crippen LogP contribution in [0.15, 0.2) is 48.5 Å². The number of carbonyl (C=O) groups excluding carboxylic acids is 2. The lowest BCUT2D eigenvalue weighted by Gasteiger charge is -2.02. The number of hydrogen-bond donors (Lipinski definition) is 0. The largest absolute Gasteiger partial charge is 0.423 e. The lowest BCUT2D eigenvalue weighted by Crippen LogP contribution is -2.03. The summed E-state index contributed by atoms with van der Waals surface area (Å²) in [4.78, 5) is 22.9. The topological polar surface area (TPSA) is 43.4 Å². The van der Waals surface area contributed by atoms with Gasteiger partial charge in [0.1, 0.15) is 5.75 Å². The minimum Gasteiger partial charge on any atom is -0.423 e. The second-order valence-corrected chi connectivity index (χ2v) is 5.32. The van der Waals surface area contributed by atoms with Gasteiger partial charge in [-0.25, -0.2) is 4.79 Å². The van der Waals surface area contributed by atoms with E-state index < -0.39 is 5.97 Å². The van der Waals surface area contributed by atoms with Gasteiger partial charge in [0.2, 0.25) is 0 Å². The highest BCUT2D eigenvalue weighted by Gasteiger charge is 2.03. The molecule has 0 aromatic heterocycles. The van der Waals surface area contributed by atoms with Crippen molar-refractivity contribution in [3.8, 4) is 5.75 Å². The minimum atomic E-state index is -0.526. The molecule has 5 heteroatoms. The molecule has 0 saturated carbocycles. The number of hydrogen-bond acceptors (Lipinski definition) is 3. The standard InChI is InChI=1S/C17H12Cl2O3/c1-11(20)13-4-6-14(7-5-13)22-17(21)9-3-12-2-8-15(18)16(19)10-12/h2-10H,1H3/b9-3+. The first-order chi connectivity index (χ1) is 10.5. The number of carbonyl (C=O) groups is 2. The maximum Gasteiger partial charge on any atom is 0.336 e. The second-order valence-electron chi connectivity index (χ2n) is 4.51. The Hall–Kier alpha value is -2.10. The quantitative estimate of drug-likeness (QED) is 0.348. The molecule has 3 nitrogen and oxygen atoms in total. The third-order valence-electron chi connectivity index (χ3n) is 2.83. The van der Waals surface area contributed by atoms with E-state index >= 15 is 0 Å². The first kappa shape index (κ1) is 16.3. The molecule has 0 aliphatic heterocycles. The van der Waals surface area contributed by atoms with E-state index in [4.69, 9.17) is 27.9 Å². The van der Waals surface area contributed by atoms with Crippen LogP contribution in [-0.2, 0) is 4.79 Å². The summed E-state index contributed by atoms with van der Waals surface area (Å²) < 4.78 is 5.13. The molecule has 22 heavy (non-hydrogen) atoms. The van der Waals surface area contributed by atoms with Gasteiger partial charge in [-0.2, -0.15) is 0 Å². The van der Waals surface area contributed by atoms with Crippen LogP contribution >= 0.6 is 23.2 Å². The average molecular weight is 335 g/mol. The van der Waals surface area contributed by atoms with Crippen molar-refractivity contribution in [2.75, 3.05) is 0 Å². The molecule has 2 aromatic rings. The van der Waals surface area contributed by atoms with Gasteiger partial charge in [-0.3, -0.25) is 4.79 Å². The van der Waals surface area contributed by atoms with Crippen LogP contribution in [0.2, 0.25) is 10.0 Å². The van der Waals surface area contributed by atoms with Crippen molar-refractivity contribution in [3.63, 3.8) is 0 Å². The predicted octanol–water partition coefficient (Wildman–Crippen LogP) is 4.81. The summed E-state index contributed by atoms with van der Waals surface area (Å²) in [7, 11) is 0. The van der Waals surface area contributed by atoms with Crippen LogP contribution in [0.3, 0.4) is 0 Å². The van der Waals surface area contributed by atoms with Gasteiger partial charge < -0.3 is 4.74 Å². The third kappa shape index (κ3) is 4.45. The minimum absolute atomic E-state index is 0.0441. The molecule has 0 bridgehead atoms. The maximum absolute atomic E-state index is 11.7. The van der Waals surface area contributed by atoms with Crippen molar-refractivity contribution >= 4 is 41.0 Å². The molecule has 0 spiro atoms. The highest BCUT2D eigenvalue weighted by atomic mass is 35.5. The van der Waals surface area contributed by atoms with E-state index in [1.54, 1.807) is 48.5 Å². The van der Waals surface area contributed by atoms with E-state index in [1.165, 1.54) is 13.0 Å². The Morgan fingerprint density at radius 2 is 1.68 bits per heavy atom. The van der Waals surface area contributed by atoms with Crippen molar-refractivity contribution < 1.29 is 14.3 Å². The summed E-state index contributed by atoms with van der Waals surface area (Å²) in [5.41, 5.74) is 1.30. The zero-order valence-corrected chi connectivity index (χ0v) is 13.2. The number of ether oxygens (including phenoxy) is 1. The fraction of sp³-hybridized carbons (Fsp3) is 0.0588. The molecule has 0 saturated heterocycles. The van der Waals surface area contributed by atoms with Crippen molar-refractivity contribution in [2.45, 2.75) is 6.92 Å². The Balaban J connectivity index is 2.01. The molecule has 2 aromatic carbocycles. The average Bonchev–Trinajstić information content (AvgIpc) is 2.49. The summed E-state index contributed by atoms with van der Waals surface area (Å²) in [5.74, 6) is -0.201. The van der Waals surface area contributed by atoms with Crippen LogP contribution in [0.5, 0.6) is 5.75 Å². The maximum atomic E-state index is 11.7. The Bertz CT molecular complexity index is 734. The van der Waals surface area contributed by atoms with Crippen molar-refractivity contribution in [1.29, 1.82) is 0 Å². The van der Waals surface area contributed by atoms with Gasteiger partial charge in [0, 0.05) is 11.6 Å². The van der Waals surface area contributed by atoms with Gasteiger partial charge in [0.25, 0.3) is 0 Å². The first-order valence-electron chi connectivity index (χ1n) is 6.41. The SMILES string of the molecule is CC(=O)c1ccc(OC(=O)/C=C/c2ccc(Cl)c(Cl)c2)cc1.